The van der Waals surface area contributed by atoms with Gasteiger partial charge in [-0.15, -0.1) is 0 Å². The maximum Gasteiger partial charge on any atom is 0.123 e. The van der Waals surface area contributed by atoms with E-state index in [9.17, 15) is 4.39 Å². The molecule has 1 nitrogen and oxygen atoms in total. The first-order valence-corrected chi connectivity index (χ1v) is 8.25. The molecular formula is C18H28FN. The summed E-state index contributed by atoms with van der Waals surface area (Å²) < 4.78 is 13.0. The van der Waals surface area contributed by atoms with E-state index >= 15 is 0 Å². The molecule has 0 spiro atoms. The fourth-order valence-electron chi connectivity index (χ4n) is 2.71. The van der Waals surface area contributed by atoms with Crippen LogP contribution < -0.4 is 5.32 Å². The maximum absolute atomic E-state index is 13.0. The zero-order chi connectivity index (χ0) is 14.2. The number of hydrogen-bond donors (Lipinski definition) is 1. The highest BCUT2D eigenvalue weighted by Gasteiger charge is 2.21. The van der Waals surface area contributed by atoms with Crippen LogP contribution in [0.2, 0.25) is 0 Å². The molecule has 2 heteroatoms. The van der Waals surface area contributed by atoms with Crippen LogP contribution in [0.3, 0.4) is 0 Å². The van der Waals surface area contributed by atoms with Crippen molar-refractivity contribution in [1.29, 1.82) is 0 Å². The molecule has 1 unspecified atom stereocenters. The minimum absolute atomic E-state index is 0.135. The Morgan fingerprint density at radius 1 is 1.15 bits per heavy atom. The second kappa shape index (κ2) is 8.41. The average molecular weight is 277 g/mol. The van der Waals surface area contributed by atoms with Gasteiger partial charge in [-0.25, -0.2) is 4.39 Å². The van der Waals surface area contributed by atoms with Gasteiger partial charge in [-0.2, -0.15) is 0 Å². The second-order valence-corrected chi connectivity index (χ2v) is 6.23. The lowest BCUT2D eigenvalue weighted by molar-refractivity contribution is 0.420. The van der Waals surface area contributed by atoms with Crippen LogP contribution in [0.1, 0.15) is 57.4 Å². The maximum atomic E-state index is 13.0. The van der Waals surface area contributed by atoms with Crippen LogP contribution in [0.4, 0.5) is 4.39 Å². The molecule has 1 fully saturated rings. The first-order chi connectivity index (χ1) is 9.78. The SMILES string of the molecule is CCCCCCC(CNC1CC1)Cc1ccc(F)cc1. The van der Waals surface area contributed by atoms with Crippen molar-refractivity contribution in [2.24, 2.45) is 5.92 Å². The van der Waals surface area contributed by atoms with E-state index in [4.69, 9.17) is 0 Å². The highest BCUT2D eigenvalue weighted by Crippen LogP contribution is 2.21. The van der Waals surface area contributed by atoms with Crippen molar-refractivity contribution < 1.29 is 4.39 Å². The van der Waals surface area contributed by atoms with E-state index in [0.29, 0.717) is 5.92 Å². The summed E-state index contributed by atoms with van der Waals surface area (Å²) in [6, 6.07) is 7.81. The van der Waals surface area contributed by atoms with Crippen molar-refractivity contribution in [3.05, 3.63) is 35.6 Å². The Kier molecular flexibility index (Phi) is 6.52. The van der Waals surface area contributed by atoms with Crippen LogP contribution in [0.15, 0.2) is 24.3 Å². The first kappa shape index (κ1) is 15.5. The molecule has 1 aliphatic rings. The average Bonchev–Trinajstić information content (AvgIpc) is 3.27. The standard InChI is InChI=1S/C18H28FN/c1-2-3-4-5-6-16(14-20-18-11-12-18)13-15-7-9-17(19)10-8-15/h7-10,16,18,20H,2-6,11-14H2,1H3. The Bertz CT molecular complexity index is 370. The number of halogens is 1. The van der Waals surface area contributed by atoms with Crippen molar-refractivity contribution in [2.75, 3.05) is 6.54 Å². The van der Waals surface area contributed by atoms with Crippen LogP contribution in [0.25, 0.3) is 0 Å². The van der Waals surface area contributed by atoms with Gasteiger partial charge in [0.15, 0.2) is 0 Å². The minimum Gasteiger partial charge on any atom is -0.314 e. The fraction of sp³-hybridized carbons (Fsp3) is 0.667. The normalized spacial score (nSPS) is 16.3. The second-order valence-electron chi connectivity index (χ2n) is 6.23. The number of unbranched alkanes of at least 4 members (excludes halogenated alkanes) is 3. The third-order valence-corrected chi connectivity index (χ3v) is 4.18. The molecule has 0 heterocycles. The molecule has 1 saturated carbocycles. The fourth-order valence-corrected chi connectivity index (χ4v) is 2.71. The summed E-state index contributed by atoms with van der Waals surface area (Å²) in [4.78, 5) is 0. The van der Waals surface area contributed by atoms with Crippen LogP contribution in [0.5, 0.6) is 0 Å². The summed E-state index contributed by atoms with van der Waals surface area (Å²) in [5.41, 5.74) is 1.27. The summed E-state index contributed by atoms with van der Waals surface area (Å²) >= 11 is 0. The third-order valence-electron chi connectivity index (χ3n) is 4.18. The van der Waals surface area contributed by atoms with Crippen LogP contribution in [-0.2, 0) is 6.42 Å². The van der Waals surface area contributed by atoms with Gasteiger partial charge < -0.3 is 5.32 Å². The first-order valence-electron chi connectivity index (χ1n) is 8.25. The smallest absolute Gasteiger partial charge is 0.123 e. The molecule has 0 radical (unpaired) electrons. The van der Waals surface area contributed by atoms with E-state index in [1.54, 1.807) is 12.1 Å². The molecule has 1 aromatic carbocycles. The van der Waals surface area contributed by atoms with Gasteiger partial charge >= 0.3 is 0 Å². The molecule has 1 aliphatic carbocycles. The molecule has 2 rings (SSSR count). The molecule has 0 saturated heterocycles. The Balaban J connectivity index is 1.78. The van der Waals surface area contributed by atoms with Gasteiger partial charge in [0.1, 0.15) is 5.82 Å². The molecule has 0 bridgehead atoms. The Hall–Kier alpha value is -0.890. The van der Waals surface area contributed by atoms with Crippen molar-refractivity contribution in [2.45, 2.75) is 64.3 Å². The largest absolute Gasteiger partial charge is 0.314 e. The van der Waals surface area contributed by atoms with Crippen LogP contribution in [0, 0.1) is 11.7 Å². The lowest BCUT2D eigenvalue weighted by atomic mass is 9.93. The molecule has 20 heavy (non-hydrogen) atoms. The van der Waals surface area contributed by atoms with Crippen molar-refractivity contribution in [1.82, 2.24) is 5.32 Å². The molecule has 0 aliphatic heterocycles. The third kappa shape index (κ3) is 6.04. The molecule has 0 amide bonds. The monoisotopic (exact) mass is 277 g/mol. The van der Waals surface area contributed by atoms with Crippen LogP contribution >= 0.6 is 0 Å². The summed E-state index contributed by atoms with van der Waals surface area (Å²) in [6.45, 7) is 3.37. The van der Waals surface area contributed by atoms with Gasteiger partial charge in [0.05, 0.1) is 0 Å². The summed E-state index contributed by atoms with van der Waals surface area (Å²) in [6.07, 6.45) is 10.4. The molecule has 1 N–H and O–H groups in total. The number of benzene rings is 1. The van der Waals surface area contributed by atoms with E-state index in [2.05, 4.69) is 12.2 Å². The van der Waals surface area contributed by atoms with Gasteiger partial charge in [-0.1, -0.05) is 44.7 Å². The number of hydrogen-bond acceptors (Lipinski definition) is 1. The molecule has 0 aromatic heterocycles. The number of nitrogens with one attached hydrogen (secondary N) is 1. The Labute approximate surface area is 123 Å². The van der Waals surface area contributed by atoms with Gasteiger partial charge in [0.25, 0.3) is 0 Å². The summed E-state index contributed by atoms with van der Waals surface area (Å²) in [7, 11) is 0. The molecule has 1 atom stereocenters. The Morgan fingerprint density at radius 3 is 2.55 bits per heavy atom. The van der Waals surface area contributed by atoms with E-state index in [1.165, 1.54) is 50.5 Å². The van der Waals surface area contributed by atoms with Gasteiger partial charge in [0.2, 0.25) is 0 Å². The summed E-state index contributed by atoms with van der Waals surface area (Å²) in [5.74, 6) is 0.558. The molecular weight excluding hydrogens is 249 g/mol. The zero-order valence-electron chi connectivity index (χ0n) is 12.7. The quantitative estimate of drug-likeness (QED) is 0.611. The van der Waals surface area contributed by atoms with E-state index in [-0.39, 0.29) is 5.82 Å². The van der Waals surface area contributed by atoms with E-state index < -0.39 is 0 Å². The minimum atomic E-state index is -0.135. The van der Waals surface area contributed by atoms with Crippen molar-refractivity contribution >= 4 is 0 Å². The lowest BCUT2D eigenvalue weighted by Crippen LogP contribution is -2.26. The lowest BCUT2D eigenvalue weighted by Gasteiger charge is -2.18. The molecule has 1 aromatic rings. The zero-order valence-corrected chi connectivity index (χ0v) is 12.7. The highest BCUT2D eigenvalue weighted by molar-refractivity contribution is 5.16. The van der Waals surface area contributed by atoms with Gasteiger partial charge in [-0.05, 0) is 55.8 Å². The predicted octanol–water partition coefficient (Wildman–Crippen LogP) is 4.71. The van der Waals surface area contributed by atoms with Gasteiger partial charge in [0, 0.05) is 6.04 Å². The van der Waals surface area contributed by atoms with E-state index in [1.807, 2.05) is 12.1 Å². The van der Waals surface area contributed by atoms with Crippen molar-refractivity contribution in [3.8, 4) is 0 Å². The predicted molar refractivity (Wildman–Crippen MR) is 83.4 cm³/mol. The molecule has 112 valence electrons. The van der Waals surface area contributed by atoms with E-state index in [0.717, 1.165) is 19.0 Å². The van der Waals surface area contributed by atoms with Crippen LogP contribution in [-0.4, -0.2) is 12.6 Å². The van der Waals surface area contributed by atoms with Gasteiger partial charge in [-0.3, -0.25) is 0 Å². The van der Waals surface area contributed by atoms with Crippen molar-refractivity contribution in [3.63, 3.8) is 0 Å². The topological polar surface area (TPSA) is 12.0 Å². The highest BCUT2D eigenvalue weighted by atomic mass is 19.1. The Morgan fingerprint density at radius 2 is 1.90 bits per heavy atom. The summed E-state index contributed by atoms with van der Waals surface area (Å²) in [5, 5.41) is 3.66. The number of rotatable bonds is 10.